The van der Waals surface area contributed by atoms with Gasteiger partial charge in [0, 0.05) is 18.5 Å². The average Bonchev–Trinajstić information content (AvgIpc) is 3.35. The predicted molar refractivity (Wildman–Crippen MR) is 108 cm³/mol. The Hall–Kier alpha value is -3.02. The largest absolute Gasteiger partial charge is 0.339 e. The lowest BCUT2D eigenvalue weighted by atomic mass is 10.0. The molecule has 1 aromatic heterocycles. The van der Waals surface area contributed by atoms with E-state index in [2.05, 4.69) is 36.1 Å². The standard InChI is InChI=1S/C23H24FN3O2/c1-14(2)16-4-6-18(7-5-16)22-25-23(29-26-22)19-12-21(28)27(13-19)15(3)17-8-10-20(24)11-9-17/h4-11,14-15,19H,12-13H2,1-3H3. The summed E-state index contributed by atoms with van der Waals surface area (Å²) in [5.74, 6) is 1.09. The van der Waals surface area contributed by atoms with Crippen LogP contribution in [-0.4, -0.2) is 27.5 Å². The average molecular weight is 393 g/mol. The Morgan fingerprint density at radius 2 is 1.69 bits per heavy atom. The lowest BCUT2D eigenvalue weighted by Gasteiger charge is -2.25. The topological polar surface area (TPSA) is 59.2 Å². The normalized spacial score (nSPS) is 17.9. The molecule has 0 radical (unpaired) electrons. The third-order valence-corrected chi connectivity index (χ3v) is 5.60. The van der Waals surface area contributed by atoms with Crippen LogP contribution in [0, 0.1) is 5.82 Å². The highest BCUT2D eigenvalue weighted by Crippen LogP contribution is 2.34. The summed E-state index contributed by atoms with van der Waals surface area (Å²) in [6.07, 6.45) is 0.333. The zero-order valence-electron chi connectivity index (χ0n) is 16.8. The molecule has 0 N–H and O–H groups in total. The number of carbonyl (C=O) groups is 1. The highest BCUT2D eigenvalue weighted by Gasteiger charge is 2.37. The first-order valence-corrected chi connectivity index (χ1v) is 9.91. The Bertz CT molecular complexity index is 996. The number of halogens is 1. The van der Waals surface area contributed by atoms with Crippen molar-refractivity contribution in [3.63, 3.8) is 0 Å². The van der Waals surface area contributed by atoms with E-state index < -0.39 is 0 Å². The molecule has 1 amide bonds. The maximum absolute atomic E-state index is 13.2. The number of hydrogen-bond acceptors (Lipinski definition) is 4. The molecular weight excluding hydrogens is 369 g/mol. The van der Waals surface area contributed by atoms with Crippen molar-refractivity contribution in [2.75, 3.05) is 6.54 Å². The zero-order valence-corrected chi connectivity index (χ0v) is 16.8. The summed E-state index contributed by atoms with van der Waals surface area (Å²) < 4.78 is 18.7. The minimum absolute atomic E-state index is 0.0351. The fraction of sp³-hybridized carbons (Fsp3) is 0.348. The number of nitrogens with zero attached hydrogens (tertiary/aromatic N) is 3. The first-order valence-electron chi connectivity index (χ1n) is 9.91. The molecule has 0 aliphatic carbocycles. The van der Waals surface area contributed by atoms with Crippen LogP contribution in [0.1, 0.15) is 62.1 Å². The van der Waals surface area contributed by atoms with Crippen molar-refractivity contribution in [2.24, 2.45) is 0 Å². The summed E-state index contributed by atoms with van der Waals surface area (Å²) >= 11 is 0. The molecule has 150 valence electrons. The van der Waals surface area contributed by atoms with Crippen molar-refractivity contribution >= 4 is 5.91 Å². The molecule has 2 unspecified atom stereocenters. The van der Waals surface area contributed by atoms with E-state index >= 15 is 0 Å². The van der Waals surface area contributed by atoms with Crippen LogP contribution in [0.15, 0.2) is 53.1 Å². The minimum atomic E-state index is -0.286. The molecule has 1 saturated heterocycles. The lowest BCUT2D eigenvalue weighted by molar-refractivity contribution is -0.129. The summed E-state index contributed by atoms with van der Waals surface area (Å²) in [6, 6.07) is 14.2. The highest BCUT2D eigenvalue weighted by molar-refractivity contribution is 5.80. The van der Waals surface area contributed by atoms with Crippen LogP contribution in [0.3, 0.4) is 0 Å². The van der Waals surface area contributed by atoms with Gasteiger partial charge in [-0.15, -0.1) is 0 Å². The summed E-state index contributed by atoms with van der Waals surface area (Å²) in [5, 5.41) is 4.11. The maximum Gasteiger partial charge on any atom is 0.232 e. The van der Waals surface area contributed by atoms with Gasteiger partial charge in [-0.05, 0) is 36.1 Å². The summed E-state index contributed by atoms with van der Waals surface area (Å²) in [5.41, 5.74) is 3.05. The molecule has 2 atom stereocenters. The second-order valence-corrected chi connectivity index (χ2v) is 7.91. The van der Waals surface area contributed by atoms with Crippen LogP contribution < -0.4 is 0 Å². The van der Waals surface area contributed by atoms with Crippen molar-refractivity contribution in [1.29, 1.82) is 0 Å². The van der Waals surface area contributed by atoms with Crippen molar-refractivity contribution < 1.29 is 13.7 Å². The van der Waals surface area contributed by atoms with Gasteiger partial charge >= 0.3 is 0 Å². The van der Waals surface area contributed by atoms with Crippen LogP contribution in [0.2, 0.25) is 0 Å². The fourth-order valence-corrected chi connectivity index (χ4v) is 3.73. The fourth-order valence-electron chi connectivity index (χ4n) is 3.73. The summed E-state index contributed by atoms with van der Waals surface area (Å²) in [6.45, 7) is 6.75. The van der Waals surface area contributed by atoms with Crippen molar-refractivity contribution in [3.05, 3.63) is 71.4 Å². The van der Waals surface area contributed by atoms with Gasteiger partial charge in [-0.25, -0.2) is 4.39 Å². The smallest absolute Gasteiger partial charge is 0.232 e. The van der Waals surface area contributed by atoms with E-state index in [9.17, 15) is 9.18 Å². The minimum Gasteiger partial charge on any atom is -0.339 e. The third-order valence-electron chi connectivity index (χ3n) is 5.60. The van der Waals surface area contributed by atoms with E-state index in [1.165, 1.54) is 17.7 Å². The molecule has 29 heavy (non-hydrogen) atoms. The second kappa shape index (κ2) is 7.78. The van der Waals surface area contributed by atoms with Gasteiger partial charge in [-0.2, -0.15) is 4.98 Å². The first kappa shape index (κ1) is 19.3. The van der Waals surface area contributed by atoms with Gasteiger partial charge in [-0.1, -0.05) is 55.4 Å². The van der Waals surface area contributed by atoms with Gasteiger partial charge in [0.25, 0.3) is 0 Å². The molecule has 6 heteroatoms. The first-order chi connectivity index (χ1) is 13.9. The molecule has 0 spiro atoms. The molecule has 4 rings (SSSR count). The Balaban J connectivity index is 1.49. The molecule has 0 bridgehead atoms. The Morgan fingerprint density at radius 1 is 1.03 bits per heavy atom. The molecule has 1 aliphatic rings. The lowest BCUT2D eigenvalue weighted by Crippen LogP contribution is -2.28. The van der Waals surface area contributed by atoms with E-state index in [0.29, 0.717) is 30.6 Å². The van der Waals surface area contributed by atoms with Crippen molar-refractivity contribution in [3.8, 4) is 11.4 Å². The van der Waals surface area contributed by atoms with Crippen LogP contribution in [-0.2, 0) is 4.79 Å². The van der Waals surface area contributed by atoms with E-state index in [1.807, 2.05) is 19.1 Å². The number of benzene rings is 2. The van der Waals surface area contributed by atoms with Gasteiger partial charge in [0.05, 0.1) is 12.0 Å². The number of rotatable bonds is 5. The molecular formula is C23H24FN3O2. The van der Waals surface area contributed by atoms with Crippen LogP contribution in [0.4, 0.5) is 4.39 Å². The van der Waals surface area contributed by atoms with E-state index in [1.54, 1.807) is 17.0 Å². The van der Waals surface area contributed by atoms with Gasteiger partial charge in [0.2, 0.25) is 17.6 Å². The Kier molecular flexibility index (Phi) is 5.18. The number of likely N-dealkylation sites (tertiary alicyclic amines) is 1. The Labute approximate surface area is 169 Å². The molecule has 2 heterocycles. The third kappa shape index (κ3) is 3.92. The zero-order chi connectivity index (χ0) is 20.5. The number of aromatic nitrogens is 2. The quantitative estimate of drug-likeness (QED) is 0.607. The van der Waals surface area contributed by atoms with Gasteiger partial charge < -0.3 is 9.42 Å². The summed E-state index contributed by atoms with van der Waals surface area (Å²) in [4.78, 5) is 18.9. The van der Waals surface area contributed by atoms with E-state index in [4.69, 9.17) is 4.52 Å². The summed E-state index contributed by atoms with van der Waals surface area (Å²) in [7, 11) is 0. The van der Waals surface area contributed by atoms with Gasteiger partial charge in [-0.3, -0.25) is 4.79 Å². The molecule has 1 fully saturated rings. The molecule has 1 aliphatic heterocycles. The molecule has 3 aromatic rings. The van der Waals surface area contributed by atoms with Crippen LogP contribution in [0.5, 0.6) is 0 Å². The van der Waals surface area contributed by atoms with Crippen molar-refractivity contribution in [1.82, 2.24) is 15.0 Å². The monoisotopic (exact) mass is 393 g/mol. The van der Waals surface area contributed by atoms with E-state index in [0.717, 1.165) is 11.1 Å². The SMILES string of the molecule is CC(C)c1ccc(-c2noc(C3CC(=O)N(C(C)c4ccc(F)cc4)C3)n2)cc1. The van der Waals surface area contributed by atoms with Crippen molar-refractivity contribution in [2.45, 2.75) is 45.1 Å². The second-order valence-electron chi connectivity index (χ2n) is 7.91. The molecule has 5 nitrogen and oxygen atoms in total. The molecule has 2 aromatic carbocycles. The number of amides is 1. The van der Waals surface area contributed by atoms with Crippen LogP contribution in [0.25, 0.3) is 11.4 Å². The van der Waals surface area contributed by atoms with Gasteiger partial charge in [0.1, 0.15) is 5.82 Å². The number of hydrogen-bond donors (Lipinski definition) is 0. The maximum atomic E-state index is 13.2. The number of carbonyl (C=O) groups excluding carboxylic acids is 1. The Morgan fingerprint density at radius 3 is 2.34 bits per heavy atom. The predicted octanol–water partition coefficient (Wildman–Crippen LogP) is 5.08. The molecule has 0 saturated carbocycles. The van der Waals surface area contributed by atoms with E-state index in [-0.39, 0.29) is 23.7 Å². The van der Waals surface area contributed by atoms with Crippen LogP contribution >= 0.6 is 0 Å². The van der Waals surface area contributed by atoms with Gasteiger partial charge in [0.15, 0.2) is 0 Å². The highest BCUT2D eigenvalue weighted by atomic mass is 19.1.